The van der Waals surface area contributed by atoms with E-state index in [1.807, 2.05) is 23.8 Å². The smallest absolute Gasteiger partial charge is 0.180 e. The zero-order valence-electron chi connectivity index (χ0n) is 11.1. The fourth-order valence-corrected chi connectivity index (χ4v) is 2.63. The lowest BCUT2D eigenvalue weighted by Crippen LogP contribution is -2.33. The average molecular weight is 261 g/mol. The van der Waals surface area contributed by atoms with Gasteiger partial charge in [0.2, 0.25) is 0 Å². The van der Waals surface area contributed by atoms with Crippen LogP contribution in [0.3, 0.4) is 0 Å². The quantitative estimate of drug-likeness (QED) is 0.777. The van der Waals surface area contributed by atoms with Crippen LogP contribution in [0.25, 0.3) is 5.65 Å². The first-order chi connectivity index (χ1) is 9.20. The van der Waals surface area contributed by atoms with Crippen LogP contribution in [0.5, 0.6) is 0 Å². The van der Waals surface area contributed by atoms with Crippen LogP contribution in [0, 0.1) is 0 Å². The molecule has 2 aromatic rings. The fourth-order valence-electron chi connectivity index (χ4n) is 2.63. The zero-order chi connectivity index (χ0) is 13.3. The molecule has 6 heteroatoms. The first-order valence-corrected chi connectivity index (χ1v) is 6.68. The zero-order valence-corrected chi connectivity index (χ0v) is 11.1. The van der Waals surface area contributed by atoms with Gasteiger partial charge in [0.1, 0.15) is 5.82 Å². The third-order valence-corrected chi connectivity index (χ3v) is 3.75. The van der Waals surface area contributed by atoms with Crippen LogP contribution in [0.1, 0.15) is 25.7 Å². The standard InChI is InChI=1S/C13H19N5O/c1-14-10-8-18-7-6-15-12(18)11(17-10)16-9-13(19)4-2-3-5-13/h6-8,14,19H,2-5,9H2,1H3,(H,16,17). The van der Waals surface area contributed by atoms with Crippen molar-refractivity contribution in [3.8, 4) is 0 Å². The molecule has 1 aliphatic carbocycles. The second-order valence-corrected chi connectivity index (χ2v) is 5.17. The van der Waals surface area contributed by atoms with E-state index >= 15 is 0 Å². The molecule has 0 saturated heterocycles. The summed E-state index contributed by atoms with van der Waals surface area (Å²) in [6, 6.07) is 0. The second-order valence-electron chi connectivity index (χ2n) is 5.17. The number of imidazole rings is 1. The van der Waals surface area contributed by atoms with Crippen molar-refractivity contribution in [1.82, 2.24) is 14.4 Å². The largest absolute Gasteiger partial charge is 0.388 e. The minimum absolute atomic E-state index is 0.523. The molecular weight excluding hydrogens is 242 g/mol. The Balaban J connectivity index is 1.85. The van der Waals surface area contributed by atoms with Crippen molar-refractivity contribution < 1.29 is 5.11 Å². The van der Waals surface area contributed by atoms with Gasteiger partial charge in [-0.2, -0.15) is 0 Å². The van der Waals surface area contributed by atoms with Crippen molar-refractivity contribution in [3.05, 3.63) is 18.6 Å². The lowest BCUT2D eigenvalue weighted by molar-refractivity contribution is 0.0614. The topological polar surface area (TPSA) is 74.5 Å². The Bertz CT molecular complexity index is 573. The molecule has 2 aromatic heterocycles. The maximum Gasteiger partial charge on any atom is 0.180 e. The molecule has 6 nitrogen and oxygen atoms in total. The van der Waals surface area contributed by atoms with Gasteiger partial charge in [-0.25, -0.2) is 9.97 Å². The third kappa shape index (κ3) is 2.35. The van der Waals surface area contributed by atoms with Crippen LogP contribution >= 0.6 is 0 Å². The number of fused-ring (bicyclic) bond motifs is 1. The van der Waals surface area contributed by atoms with Gasteiger partial charge in [-0.1, -0.05) is 12.8 Å². The Morgan fingerprint density at radius 2 is 2.21 bits per heavy atom. The van der Waals surface area contributed by atoms with Crippen molar-refractivity contribution in [2.45, 2.75) is 31.3 Å². The van der Waals surface area contributed by atoms with Crippen molar-refractivity contribution in [3.63, 3.8) is 0 Å². The molecule has 0 unspecified atom stereocenters. The number of anilines is 2. The van der Waals surface area contributed by atoms with Crippen molar-refractivity contribution >= 4 is 17.3 Å². The summed E-state index contributed by atoms with van der Waals surface area (Å²) in [4.78, 5) is 8.76. The molecule has 3 rings (SSSR count). The fraction of sp³-hybridized carbons (Fsp3) is 0.538. The molecule has 19 heavy (non-hydrogen) atoms. The number of rotatable bonds is 4. The first kappa shape index (κ1) is 12.2. The summed E-state index contributed by atoms with van der Waals surface area (Å²) in [5.74, 6) is 1.48. The van der Waals surface area contributed by atoms with Gasteiger partial charge in [0.05, 0.1) is 11.8 Å². The second kappa shape index (κ2) is 4.70. The predicted octanol–water partition coefficient (Wildman–Crippen LogP) is 1.49. The lowest BCUT2D eigenvalue weighted by Gasteiger charge is -2.22. The highest BCUT2D eigenvalue weighted by molar-refractivity contribution is 5.65. The molecule has 0 aromatic carbocycles. The molecule has 0 atom stereocenters. The minimum Gasteiger partial charge on any atom is -0.388 e. The monoisotopic (exact) mass is 261 g/mol. The summed E-state index contributed by atoms with van der Waals surface area (Å²) in [5.41, 5.74) is 0.182. The maximum absolute atomic E-state index is 10.4. The molecule has 0 bridgehead atoms. The Kier molecular flexibility index (Phi) is 3.02. The Morgan fingerprint density at radius 1 is 1.42 bits per heavy atom. The molecule has 1 aliphatic rings. The minimum atomic E-state index is -0.596. The van der Waals surface area contributed by atoms with E-state index in [4.69, 9.17) is 0 Å². The normalized spacial score (nSPS) is 17.8. The summed E-state index contributed by atoms with van der Waals surface area (Å²) in [7, 11) is 1.83. The average Bonchev–Trinajstić information content (AvgIpc) is 3.04. The first-order valence-electron chi connectivity index (χ1n) is 6.68. The number of aromatic nitrogens is 3. The molecule has 0 spiro atoms. The van der Waals surface area contributed by atoms with Crippen molar-refractivity contribution in [2.24, 2.45) is 0 Å². The Morgan fingerprint density at radius 3 is 2.95 bits per heavy atom. The number of hydrogen-bond acceptors (Lipinski definition) is 5. The molecule has 1 fully saturated rings. The van der Waals surface area contributed by atoms with Gasteiger partial charge in [-0.3, -0.25) is 0 Å². The number of aliphatic hydroxyl groups is 1. The molecule has 3 N–H and O–H groups in total. The molecule has 102 valence electrons. The highest BCUT2D eigenvalue weighted by Gasteiger charge is 2.31. The van der Waals surface area contributed by atoms with Gasteiger partial charge in [-0.15, -0.1) is 0 Å². The van der Waals surface area contributed by atoms with Gasteiger partial charge >= 0.3 is 0 Å². The maximum atomic E-state index is 10.4. The highest BCUT2D eigenvalue weighted by Crippen LogP contribution is 2.29. The van der Waals surface area contributed by atoms with Crippen LogP contribution in [-0.4, -0.2) is 38.7 Å². The lowest BCUT2D eigenvalue weighted by atomic mass is 10.0. The van der Waals surface area contributed by atoms with E-state index in [9.17, 15) is 5.11 Å². The van der Waals surface area contributed by atoms with Crippen LogP contribution in [-0.2, 0) is 0 Å². The summed E-state index contributed by atoms with van der Waals surface area (Å²) < 4.78 is 1.92. The summed E-state index contributed by atoms with van der Waals surface area (Å²) in [5, 5.41) is 16.6. The summed E-state index contributed by atoms with van der Waals surface area (Å²) in [6.07, 6.45) is 9.42. The van der Waals surface area contributed by atoms with Crippen molar-refractivity contribution in [1.29, 1.82) is 0 Å². The summed E-state index contributed by atoms with van der Waals surface area (Å²) in [6.45, 7) is 0.523. The highest BCUT2D eigenvalue weighted by atomic mass is 16.3. The number of hydrogen-bond donors (Lipinski definition) is 3. The van der Waals surface area contributed by atoms with Crippen LogP contribution in [0.4, 0.5) is 11.6 Å². The van der Waals surface area contributed by atoms with E-state index in [2.05, 4.69) is 20.6 Å². The van der Waals surface area contributed by atoms with Gasteiger partial charge in [0.25, 0.3) is 0 Å². The van der Waals surface area contributed by atoms with Crippen LogP contribution in [0.2, 0.25) is 0 Å². The number of nitrogens with one attached hydrogen (secondary N) is 2. The van der Waals surface area contributed by atoms with Gasteiger partial charge in [0.15, 0.2) is 11.5 Å². The molecule has 1 saturated carbocycles. The molecule has 2 heterocycles. The van der Waals surface area contributed by atoms with Crippen LogP contribution in [0.15, 0.2) is 18.6 Å². The van der Waals surface area contributed by atoms with Gasteiger partial charge in [-0.05, 0) is 12.8 Å². The van der Waals surface area contributed by atoms with E-state index in [-0.39, 0.29) is 0 Å². The van der Waals surface area contributed by atoms with E-state index in [0.717, 1.165) is 37.1 Å². The van der Waals surface area contributed by atoms with Gasteiger partial charge < -0.3 is 20.1 Å². The third-order valence-electron chi connectivity index (χ3n) is 3.75. The summed E-state index contributed by atoms with van der Waals surface area (Å²) >= 11 is 0. The Labute approximate surface area is 111 Å². The van der Waals surface area contributed by atoms with Gasteiger partial charge in [0, 0.05) is 26.0 Å². The van der Waals surface area contributed by atoms with E-state index in [0.29, 0.717) is 12.4 Å². The van der Waals surface area contributed by atoms with E-state index < -0.39 is 5.60 Å². The molecule has 0 radical (unpaired) electrons. The van der Waals surface area contributed by atoms with Crippen molar-refractivity contribution in [2.75, 3.05) is 24.2 Å². The van der Waals surface area contributed by atoms with E-state index in [1.54, 1.807) is 6.20 Å². The van der Waals surface area contributed by atoms with E-state index in [1.165, 1.54) is 0 Å². The molecule has 0 aliphatic heterocycles. The SMILES string of the molecule is CNc1cn2ccnc2c(NCC2(O)CCCC2)n1. The number of nitrogens with zero attached hydrogens (tertiary/aromatic N) is 3. The molecule has 0 amide bonds. The van der Waals surface area contributed by atoms with Crippen LogP contribution < -0.4 is 10.6 Å². The predicted molar refractivity (Wildman–Crippen MR) is 74.4 cm³/mol. The molecular formula is C13H19N5O. The Hall–Kier alpha value is -1.82.